The summed E-state index contributed by atoms with van der Waals surface area (Å²) in [7, 11) is 1.83. The summed E-state index contributed by atoms with van der Waals surface area (Å²) in [5.41, 5.74) is 1.83. The summed E-state index contributed by atoms with van der Waals surface area (Å²) in [4.78, 5) is 21.4. The molecule has 0 spiro atoms. The molecule has 0 saturated carbocycles. The van der Waals surface area contributed by atoms with Crippen LogP contribution in [0.15, 0.2) is 46.9 Å². The molecule has 158 valence electrons. The molecule has 5 nitrogen and oxygen atoms in total. The lowest BCUT2D eigenvalue weighted by molar-refractivity contribution is -0.137. The van der Waals surface area contributed by atoms with Crippen molar-refractivity contribution < 1.29 is 18.0 Å². The number of carbonyl (C=O) groups is 1. The van der Waals surface area contributed by atoms with Crippen molar-refractivity contribution in [1.29, 1.82) is 0 Å². The zero-order chi connectivity index (χ0) is 21.5. The first kappa shape index (κ1) is 20.9. The van der Waals surface area contributed by atoms with Crippen molar-refractivity contribution in [3.8, 4) is 0 Å². The minimum absolute atomic E-state index is 0.112. The third-order valence-electron chi connectivity index (χ3n) is 5.38. The van der Waals surface area contributed by atoms with E-state index in [4.69, 9.17) is 0 Å². The topological polar surface area (TPSA) is 41.4 Å². The molecule has 0 radical (unpaired) electrons. The number of hydrogen-bond acceptors (Lipinski definition) is 3. The zero-order valence-corrected chi connectivity index (χ0v) is 17.9. The maximum atomic E-state index is 13.0. The van der Waals surface area contributed by atoms with Gasteiger partial charge in [0.15, 0.2) is 5.82 Å². The van der Waals surface area contributed by atoms with Crippen LogP contribution in [-0.4, -0.2) is 51.4 Å². The van der Waals surface area contributed by atoms with Gasteiger partial charge in [-0.05, 0) is 35.9 Å². The highest BCUT2D eigenvalue weighted by Gasteiger charge is 2.30. The van der Waals surface area contributed by atoms with Crippen LogP contribution < -0.4 is 0 Å². The number of fused-ring (bicyclic) bond motifs is 1. The van der Waals surface area contributed by atoms with Crippen molar-refractivity contribution >= 4 is 32.9 Å². The molecule has 0 bridgehead atoms. The number of hydrogen-bond donors (Lipinski definition) is 0. The smallest absolute Gasteiger partial charge is 0.333 e. The van der Waals surface area contributed by atoms with Crippen molar-refractivity contribution in [3.05, 3.63) is 63.9 Å². The number of carbonyl (C=O) groups excluding carboxylic acids is 1. The Kier molecular flexibility index (Phi) is 5.59. The van der Waals surface area contributed by atoms with E-state index in [1.165, 1.54) is 12.1 Å². The van der Waals surface area contributed by atoms with Crippen LogP contribution in [0.25, 0.3) is 11.0 Å². The van der Waals surface area contributed by atoms with Gasteiger partial charge in [-0.2, -0.15) is 13.2 Å². The maximum absolute atomic E-state index is 13.0. The van der Waals surface area contributed by atoms with E-state index >= 15 is 0 Å². The number of nitrogens with zero attached hydrogens (tertiary/aromatic N) is 4. The van der Waals surface area contributed by atoms with Gasteiger partial charge in [-0.1, -0.05) is 28.1 Å². The van der Waals surface area contributed by atoms with Crippen LogP contribution in [0.1, 0.15) is 21.7 Å². The summed E-state index contributed by atoms with van der Waals surface area (Å²) in [5, 5.41) is 0. The van der Waals surface area contributed by atoms with Crippen molar-refractivity contribution in [2.24, 2.45) is 7.05 Å². The maximum Gasteiger partial charge on any atom is 0.416 e. The predicted octanol–water partition coefficient (Wildman–Crippen LogP) is 4.31. The van der Waals surface area contributed by atoms with Gasteiger partial charge in [0, 0.05) is 44.2 Å². The highest BCUT2D eigenvalue weighted by atomic mass is 79.9. The van der Waals surface area contributed by atoms with Crippen LogP contribution in [0.2, 0.25) is 0 Å². The van der Waals surface area contributed by atoms with Gasteiger partial charge in [0.2, 0.25) is 0 Å². The lowest BCUT2D eigenvalue weighted by Crippen LogP contribution is -2.48. The lowest BCUT2D eigenvalue weighted by atomic mass is 10.1. The number of benzene rings is 2. The van der Waals surface area contributed by atoms with Crippen LogP contribution in [0.4, 0.5) is 13.2 Å². The second-order valence-electron chi connectivity index (χ2n) is 7.39. The van der Waals surface area contributed by atoms with Gasteiger partial charge in [-0.15, -0.1) is 0 Å². The SMILES string of the molecule is Cn1c(C(=O)N2CCN(Cc3ccc(C(F)(F)F)cc3)CC2)nc2cc(Br)ccc21. The summed E-state index contributed by atoms with van der Waals surface area (Å²) in [6.45, 7) is 2.96. The van der Waals surface area contributed by atoms with Gasteiger partial charge < -0.3 is 9.47 Å². The number of piperazine rings is 1. The molecule has 3 aromatic rings. The van der Waals surface area contributed by atoms with Gasteiger partial charge in [0.1, 0.15) is 0 Å². The van der Waals surface area contributed by atoms with Crippen molar-refractivity contribution in [2.75, 3.05) is 26.2 Å². The predicted molar refractivity (Wildman–Crippen MR) is 111 cm³/mol. The third kappa shape index (κ3) is 4.22. The molecule has 0 unspecified atom stereocenters. The number of aryl methyl sites for hydroxylation is 1. The van der Waals surface area contributed by atoms with Crippen LogP contribution in [0.5, 0.6) is 0 Å². The Morgan fingerprint density at radius 2 is 1.73 bits per heavy atom. The molecule has 9 heteroatoms. The zero-order valence-electron chi connectivity index (χ0n) is 16.3. The van der Waals surface area contributed by atoms with E-state index in [0.717, 1.165) is 33.2 Å². The first-order chi connectivity index (χ1) is 14.2. The van der Waals surface area contributed by atoms with Crippen LogP contribution in [-0.2, 0) is 19.8 Å². The van der Waals surface area contributed by atoms with Gasteiger partial charge in [-0.25, -0.2) is 4.98 Å². The highest BCUT2D eigenvalue weighted by molar-refractivity contribution is 9.10. The molecular formula is C21H20BrF3N4O. The third-order valence-corrected chi connectivity index (χ3v) is 5.87. The monoisotopic (exact) mass is 480 g/mol. The molecule has 0 aliphatic carbocycles. The molecule has 30 heavy (non-hydrogen) atoms. The van der Waals surface area contributed by atoms with Gasteiger partial charge in [-0.3, -0.25) is 9.69 Å². The van der Waals surface area contributed by atoms with Gasteiger partial charge in [0.05, 0.1) is 16.6 Å². The number of halogens is 4. The fourth-order valence-corrected chi connectivity index (χ4v) is 4.02. The molecule has 2 heterocycles. The molecular weight excluding hydrogens is 461 g/mol. The fourth-order valence-electron chi connectivity index (χ4n) is 3.67. The van der Waals surface area contributed by atoms with E-state index in [9.17, 15) is 18.0 Å². The highest BCUT2D eigenvalue weighted by Crippen LogP contribution is 2.29. The Bertz CT molecular complexity index is 1070. The number of aromatic nitrogens is 2. The van der Waals surface area contributed by atoms with Crippen molar-refractivity contribution in [1.82, 2.24) is 19.4 Å². The van der Waals surface area contributed by atoms with Gasteiger partial charge in [0.25, 0.3) is 5.91 Å². The number of alkyl halides is 3. The Labute approximate surface area is 180 Å². The molecule has 1 saturated heterocycles. The lowest BCUT2D eigenvalue weighted by Gasteiger charge is -2.34. The van der Waals surface area contributed by atoms with E-state index in [2.05, 4.69) is 25.8 Å². The average molecular weight is 481 g/mol. The van der Waals surface area contributed by atoms with E-state index in [1.807, 2.05) is 25.2 Å². The van der Waals surface area contributed by atoms with E-state index < -0.39 is 11.7 Å². The second kappa shape index (κ2) is 8.03. The van der Waals surface area contributed by atoms with E-state index in [0.29, 0.717) is 38.5 Å². The Morgan fingerprint density at radius 1 is 1.07 bits per heavy atom. The quantitative estimate of drug-likeness (QED) is 0.560. The number of rotatable bonds is 3. The van der Waals surface area contributed by atoms with E-state index in [-0.39, 0.29) is 5.91 Å². The molecule has 1 amide bonds. The molecule has 1 aromatic heterocycles. The summed E-state index contributed by atoms with van der Waals surface area (Å²) in [6, 6.07) is 11.0. The molecule has 0 atom stereocenters. The Hall–Kier alpha value is -2.39. The molecule has 1 aliphatic rings. The van der Waals surface area contributed by atoms with Gasteiger partial charge >= 0.3 is 6.18 Å². The molecule has 4 rings (SSSR count). The van der Waals surface area contributed by atoms with Crippen LogP contribution in [0, 0.1) is 0 Å². The minimum atomic E-state index is -4.32. The Morgan fingerprint density at radius 3 is 2.37 bits per heavy atom. The largest absolute Gasteiger partial charge is 0.416 e. The van der Waals surface area contributed by atoms with E-state index in [1.54, 1.807) is 9.47 Å². The summed E-state index contributed by atoms with van der Waals surface area (Å²) in [6.07, 6.45) is -4.32. The normalized spacial score (nSPS) is 15.7. The molecule has 0 N–H and O–H groups in total. The first-order valence-corrected chi connectivity index (χ1v) is 10.3. The summed E-state index contributed by atoms with van der Waals surface area (Å²) in [5.74, 6) is 0.290. The molecule has 2 aromatic carbocycles. The second-order valence-corrected chi connectivity index (χ2v) is 8.31. The van der Waals surface area contributed by atoms with Crippen molar-refractivity contribution in [3.63, 3.8) is 0 Å². The minimum Gasteiger partial charge on any atom is -0.333 e. The summed E-state index contributed by atoms with van der Waals surface area (Å²) < 4.78 is 40.8. The molecule has 1 fully saturated rings. The first-order valence-electron chi connectivity index (χ1n) is 9.52. The average Bonchev–Trinajstić information content (AvgIpc) is 3.03. The summed E-state index contributed by atoms with van der Waals surface area (Å²) >= 11 is 3.42. The number of imidazole rings is 1. The Balaban J connectivity index is 1.38. The standard InChI is InChI=1S/C21H20BrF3N4O/c1-27-18-7-6-16(22)12-17(18)26-19(27)20(30)29-10-8-28(9-11-29)13-14-2-4-15(5-3-14)21(23,24)25/h2-7,12H,8-11,13H2,1H3. The van der Waals surface area contributed by atoms with Crippen molar-refractivity contribution in [2.45, 2.75) is 12.7 Å². The van der Waals surface area contributed by atoms with Crippen LogP contribution >= 0.6 is 15.9 Å². The number of amides is 1. The van der Waals surface area contributed by atoms with Crippen LogP contribution in [0.3, 0.4) is 0 Å². The fraction of sp³-hybridized carbons (Fsp3) is 0.333. The molecule has 1 aliphatic heterocycles.